The van der Waals surface area contributed by atoms with Crippen molar-refractivity contribution in [3.63, 3.8) is 0 Å². The summed E-state index contributed by atoms with van der Waals surface area (Å²) < 4.78 is 8.32. The number of nitrogens with zero attached hydrogens (tertiary/aromatic N) is 3. The van der Waals surface area contributed by atoms with Crippen LogP contribution in [0.3, 0.4) is 0 Å². The quantitative estimate of drug-likeness (QED) is 0.576. The van der Waals surface area contributed by atoms with E-state index in [1.807, 2.05) is 0 Å². The van der Waals surface area contributed by atoms with Crippen LogP contribution in [0.15, 0.2) is 91.0 Å². The van der Waals surface area contributed by atoms with Crippen molar-refractivity contribution in [2.24, 2.45) is 0 Å². The third kappa shape index (κ3) is 3.52. The van der Waals surface area contributed by atoms with Gasteiger partial charge >= 0.3 is 0 Å². The fourth-order valence-corrected chi connectivity index (χ4v) is 22.3. The maximum absolute atomic E-state index is 2.77. The molecule has 3 aromatic carbocycles. The minimum Gasteiger partial charge on any atom is -0.323 e. The second-order valence-electron chi connectivity index (χ2n) is 7.35. The second-order valence-corrected chi connectivity index (χ2v) is 18.3. The molecule has 0 unspecified atom stereocenters. The van der Waals surface area contributed by atoms with Crippen LogP contribution in [0.4, 0.5) is 0 Å². The lowest BCUT2D eigenvalue weighted by Gasteiger charge is -2.53. The molecule has 1 aliphatic heterocycles. The van der Waals surface area contributed by atoms with Crippen LogP contribution in [-0.4, -0.2) is 61.2 Å². The monoisotopic (exact) mass is 405 g/mol. The Hall–Kier alpha value is -1.81. The molecule has 0 aromatic heterocycles. The van der Waals surface area contributed by atoms with E-state index in [4.69, 9.17) is 0 Å². The molecule has 0 aliphatic carbocycles. The Labute approximate surface area is 167 Å². The molecule has 0 atom stereocenters. The Morgan fingerprint density at radius 1 is 0.407 bits per heavy atom. The van der Waals surface area contributed by atoms with Gasteiger partial charge in [-0.3, -0.25) is 0 Å². The van der Waals surface area contributed by atoms with Crippen molar-refractivity contribution < 1.29 is 0 Å². The maximum atomic E-state index is 2.77. The van der Waals surface area contributed by atoms with Crippen LogP contribution in [0.2, 0.25) is 0 Å². The van der Waals surface area contributed by atoms with Gasteiger partial charge < -0.3 is 12.7 Å². The summed E-state index contributed by atoms with van der Waals surface area (Å²) >= 11 is 0. The van der Waals surface area contributed by atoms with Crippen molar-refractivity contribution in [2.45, 2.75) is 0 Å². The fraction of sp³-hybridized carbons (Fsp3) is 0.143. The van der Waals surface area contributed by atoms with Gasteiger partial charge in [0.1, 0.15) is 0 Å². The highest BCUT2D eigenvalue weighted by Crippen LogP contribution is 2.16. The minimum atomic E-state index is -1.42. The zero-order valence-electron chi connectivity index (χ0n) is 16.2. The number of hydrogen-bond acceptors (Lipinski definition) is 3. The number of hydrogen-bond donors (Lipinski definition) is 0. The predicted octanol–water partition coefficient (Wildman–Crippen LogP) is 0.178. The van der Waals surface area contributed by atoms with Gasteiger partial charge in [0.25, 0.3) is 0 Å². The zero-order chi connectivity index (χ0) is 18.8. The molecule has 1 saturated heterocycles. The highest BCUT2D eigenvalue weighted by Gasteiger charge is 2.45. The Morgan fingerprint density at radius 3 is 0.852 bits per heavy atom. The second kappa shape index (κ2) is 8.05. The standard InChI is InChI=1S/C21H27N3Si3/c1-22-25(19-13-7-4-8-14-19)23(2)27(21-17-11-6-12-18-21)24(3)26(22)20-15-9-5-10-16-20/h4-18,25-27H,1-3H3. The third-order valence-corrected chi connectivity index (χ3v) is 18.3. The van der Waals surface area contributed by atoms with Gasteiger partial charge in [-0.15, -0.1) is 0 Å². The van der Waals surface area contributed by atoms with Gasteiger partial charge in [-0.25, -0.2) is 0 Å². The van der Waals surface area contributed by atoms with E-state index >= 15 is 0 Å². The molecule has 1 aliphatic rings. The summed E-state index contributed by atoms with van der Waals surface area (Å²) in [6.45, 7) is 0. The lowest BCUT2D eigenvalue weighted by Crippen LogP contribution is -2.82. The van der Waals surface area contributed by atoms with Gasteiger partial charge in [0, 0.05) is 0 Å². The van der Waals surface area contributed by atoms with E-state index in [-0.39, 0.29) is 0 Å². The Kier molecular flexibility index (Phi) is 5.53. The van der Waals surface area contributed by atoms with E-state index in [1.54, 1.807) is 0 Å². The largest absolute Gasteiger partial charge is 0.323 e. The average molecular weight is 406 g/mol. The summed E-state index contributed by atoms with van der Waals surface area (Å²) in [5, 5.41) is 4.58. The van der Waals surface area contributed by atoms with Gasteiger partial charge in [-0.05, 0) is 36.7 Å². The van der Waals surface area contributed by atoms with E-state index in [0.717, 1.165) is 0 Å². The SMILES string of the molecule is CN1[SiH](c2ccccc2)N(C)[SiH](c2ccccc2)N(C)[SiH]1c1ccccc1. The van der Waals surface area contributed by atoms with Crippen LogP contribution < -0.4 is 15.6 Å². The Bertz CT molecular complexity index is 734. The highest BCUT2D eigenvalue weighted by molar-refractivity contribution is 6.97. The van der Waals surface area contributed by atoms with Crippen molar-refractivity contribution in [1.82, 2.24) is 12.7 Å². The summed E-state index contributed by atoms with van der Waals surface area (Å²) in [6.07, 6.45) is 0. The van der Waals surface area contributed by atoms with Crippen LogP contribution >= 0.6 is 0 Å². The molecular weight excluding hydrogens is 379 g/mol. The lowest BCUT2D eigenvalue weighted by atomic mass is 10.4. The summed E-state index contributed by atoms with van der Waals surface area (Å²) in [5.41, 5.74) is 0. The van der Waals surface area contributed by atoms with Crippen molar-refractivity contribution >= 4 is 42.9 Å². The molecule has 4 rings (SSSR count). The van der Waals surface area contributed by atoms with E-state index in [1.165, 1.54) is 15.6 Å². The van der Waals surface area contributed by atoms with Crippen LogP contribution in [0.25, 0.3) is 0 Å². The van der Waals surface area contributed by atoms with Crippen LogP contribution in [-0.2, 0) is 0 Å². The van der Waals surface area contributed by atoms with Crippen molar-refractivity contribution in [3.05, 3.63) is 91.0 Å². The van der Waals surface area contributed by atoms with Crippen molar-refractivity contribution in [2.75, 3.05) is 21.1 Å². The number of benzene rings is 3. The summed E-state index contributed by atoms with van der Waals surface area (Å²) in [5.74, 6) is 0. The normalized spacial score (nSPS) is 24.8. The van der Waals surface area contributed by atoms with Gasteiger partial charge in [0.05, 0.1) is 0 Å². The predicted molar refractivity (Wildman–Crippen MR) is 123 cm³/mol. The van der Waals surface area contributed by atoms with Crippen LogP contribution in [0.1, 0.15) is 0 Å². The van der Waals surface area contributed by atoms with Gasteiger partial charge in [0.15, 0.2) is 0 Å². The van der Waals surface area contributed by atoms with Crippen molar-refractivity contribution in [3.8, 4) is 0 Å². The molecule has 6 heteroatoms. The summed E-state index contributed by atoms with van der Waals surface area (Å²) in [6, 6.07) is 33.6. The minimum absolute atomic E-state index is 1.42. The highest BCUT2D eigenvalue weighted by atomic mass is 28.4. The zero-order valence-corrected chi connectivity index (χ0v) is 19.7. The Morgan fingerprint density at radius 2 is 0.630 bits per heavy atom. The van der Waals surface area contributed by atoms with E-state index in [9.17, 15) is 0 Å². The molecule has 3 aromatic rings. The molecule has 3 nitrogen and oxygen atoms in total. The maximum Gasteiger partial charge on any atom is 0.211 e. The number of rotatable bonds is 3. The molecule has 138 valence electrons. The third-order valence-electron chi connectivity index (χ3n) is 5.61. The molecule has 1 fully saturated rings. The molecule has 0 amide bonds. The summed E-state index contributed by atoms with van der Waals surface area (Å²) in [7, 11) is 2.86. The molecule has 0 saturated carbocycles. The summed E-state index contributed by atoms with van der Waals surface area (Å²) in [4.78, 5) is 0. The molecular formula is C21H27N3Si3. The van der Waals surface area contributed by atoms with E-state index in [2.05, 4.69) is 125 Å². The van der Waals surface area contributed by atoms with Crippen molar-refractivity contribution in [1.29, 1.82) is 0 Å². The van der Waals surface area contributed by atoms with Crippen LogP contribution in [0, 0.1) is 0 Å². The first kappa shape index (κ1) is 18.5. The first-order valence-corrected chi connectivity index (χ1v) is 14.3. The Balaban J connectivity index is 1.83. The molecule has 0 N–H and O–H groups in total. The van der Waals surface area contributed by atoms with E-state index in [0.29, 0.717) is 0 Å². The van der Waals surface area contributed by atoms with E-state index < -0.39 is 27.4 Å². The smallest absolute Gasteiger partial charge is 0.211 e. The molecule has 0 radical (unpaired) electrons. The lowest BCUT2D eigenvalue weighted by molar-refractivity contribution is 0.560. The molecule has 27 heavy (non-hydrogen) atoms. The average Bonchev–Trinajstić information content (AvgIpc) is 2.70. The van der Waals surface area contributed by atoms with Gasteiger partial charge in [0.2, 0.25) is 27.4 Å². The first-order valence-electron chi connectivity index (χ1n) is 9.49. The molecule has 0 bridgehead atoms. The van der Waals surface area contributed by atoms with Gasteiger partial charge in [-0.2, -0.15) is 0 Å². The first-order chi connectivity index (χ1) is 13.2. The molecule has 1 heterocycles. The topological polar surface area (TPSA) is 9.72 Å². The fourth-order valence-electron chi connectivity index (χ4n) is 4.55. The molecule has 0 spiro atoms. The van der Waals surface area contributed by atoms with Crippen LogP contribution in [0.5, 0.6) is 0 Å². The van der Waals surface area contributed by atoms with Gasteiger partial charge in [-0.1, -0.05) is 91.0 Å².